The lowest BCUT2D eigenvalue weighted by Crippen LogP contribution is -2.00. The van der Waals surface area contributed by atoms with Gasteiger partial charge in [0.05, 0.1) is 30.2 Å². The molecular formula is C19H12N5. The summed E-state index contributed by atoms with van der Waals surface area (Å²) in [5.74, 6) is 0. The van der Waals surface area contributed by atoms with Gasteiger partial charge in [-0.2, -0.15) is 5.26 Å². The normalized spacial score (nSPS) is 10.6. The standard InChI is InChI=1S/C19H12N5/c20-11-15-7-6-14(10-16(15)17-4-1-2-8-21-17)12-24-13-23-18-5-3-9-22-19(18)24/h1,3-10,13H,12H2. The van der Waals surface area contributed by atoms with E-state index in [2.05, 4.69) is 27.1 Å². The Balaban J connectivity index is 1.76. The fraction of sp³-hybridized carbons (Fsp3) is 0.0526. The van der Waals surface area contributed by atoms with E-state index in [0.29, 0.717) is 12.1 Å². The highest BCUT2D eigenvalue weighted by Gasteiger charge is 2.09. The molecule has 4 aromatic rings. The number of nitrogens with zero attached hydrogens (tertiary/aromatic N) is 5. The Hall–Kier alpha value is -3.52. The van der Waals surface area contributed by atoms with E-state index in [0.717, 1.165) is 28.0 Å². The van der Waals surface area contributed by atoms with Crippen molar-refractivity contribution in [3.8, 4) is 17.3 Å². The van der Waals surface area contributed by atoms with Gasteiger partial charge < -0.3 is 4.57 Å². The summed E-state index contributed by atoms with van der Waals surface area (Å²) in [6, 6.07) is 18.4. The van der Waals surface area contributed by atoms with Crippen molar-refractivity contribution in [2.24, 2.45) is 0 Å². The molecule has 24 heavy (non-hydrogen) atoms. The highest BCUT2D eigenvalue weighted by atomic mass is 15.1. The number of fused-ring (bicyclic) bond motifs is 1. The van der Waals surface area contributed by atoms with Crippen molar-refractivity contribution in [3.05, 3.63) is 78.4 Å². The molecule has 5 heteroatoms. The number of pyridine rings is 2. The molecule has 0 aliphatic heterocycles. The molecule has 5 nitrogen and oxygen atoms in total. The fourth-order valence-electron chi connectivity index (χ4n) is 2.69. The summed E-state index contributed by atoms with van der Waals surface area (Å²) in [7, 11) is 0. The first-order valence-electron chi connectivity index (χ1n) is 7.46. The summed E-state index contributed by atoms with van der Waals surface area (Å²) in [5, 5.41) is 9.36. The largest absolute Gasteiger partial charge is 0.311 e. The molecule has 0 saturated heterocycles. The van der Waals surface area contributed by atoms with Crippen LogP contribution in [0.15, 0.2) is 61.2 Å². The van der Waals surface area contributed by atoms with Gasteiger partial charge in [0.2, 0.25) is 0 Å². The zero-order chi connectivity index (χ0) is 16.4. The van der Waals surface area contributed by atoms with Crippen LogP contribution in [0.25, 0.3) is 22.4 Å². The molecule has 0 atom stereocenters. The van der Waals surface area contributed by atoms with Gasteiger partial charge in [0, 0.05) is 24.0 Å². The molecule has 3 aromatic heterocycles. The van der Waals surface area contributed by atoms with Gasteiger partial charge in [-0.3, -0.25) is 4.98 Å². The predicted octanol–water partition coefficient (Wildman–Crippen LogP) is 3.21. The van der Waals surface area contributed by atoms with Crippen LogP contribution < -0.4 is 0 Å². The molecule has 1 radical (unpaired) electrons. The monoisotopic (exact) mass is 310 g/mol. The van der Waals surface area contributed by atoms with Gasteiger partial charge in [0.15, 0.2) is 5.65 Å². The lowest BCUT2D eigenvalue weighted by molar-refractivity contribution is 0.814. The van der Waals surface area contributed by atoms with Gasteiger partial charge in [-0.25, -0.2) is 9.97 Å². The first kappa shape index (κ1) is 14.1. The summed E-state index contributed by atoms with van der Waals surface area (Å²) in [6.07, 6.45) is 5.15. The predicted molar refractivity (Wildman–Crippen MR) is 89.9 cm³/mol. The third kappa shape index (κ3) is 2.50. The van der Waals surface area contributed by atoms with Crippen LogP contribution in [0, 0.1) is 17.4 Å². The van der Waals surface area contributed by atoms with Crippen molar-refractivity contribution in [2.75, 3.05) is 0 Å². The summed E-state index contributed by atoms with van der Waals surface area (Å²) >= 11 is 0. The first-order valence-corrected chi connectivity index (χ1v) is 7.46. The maximum absolute atomic E-state index is 9.36. The van der Waals surface area contributed by atoms with Crippen LogP contribution in [0.3, 0.4) is 0 Å². The number of aromatic nitrogens is 4. The second-order valence-corrected chi connectivity index (χ2v) is 5.35. The zero-order valence-corrected chi connectivity index (χ0v) is 12.7. The van der Waals surface area contributed by atoms with E-state index < -0.39 is 0 Å². The maximum atomic E-state index is 9.36. The summed E-state index contributed by atoms with van der Waals surface area (Å²) in [5.41, 5.74) is 4.96. The Kier molecular flexibility index (Phi) is 3.49. The number of hydrogen-bond acceptors (Lipinski definition) is 4. The lowest BCUT2D eigenvalue weighted by atomic mass is 10.0. The highest BCUT2D eigenvalue weighted by molar-refractivity contribution is 5.71. The van der Waals surface area contributed by atoms with Gasteiger partial charge >= 0.3 is 0 Å². The van der Waals surface area contributed by atoms with Crippen molar-refractivity contribution in [1.82, 2.24) is 19.5 Å². The molecule has 1 aromatic carbocycles. The third-order valence-corrected chi connectivity index (χ3v) is 3.82. The summed E-state index contributed by atoms with van der Waals surface area (Å²) < 4.78 is 1.99. The smallest absolute Gasteiger partial charge is 0.160 e. The minimum Gasteiger partial charge on any atom is -0.311 e. The second kappa shape index (κ2) is 5.94. The van der Waals surface area contributed by atoms with Crippen molar-refractivity contribution in [3.63, 3.8) is 0 Å². The van der Waals surface area contributed by atoms with Gasteiger partial charge in [-0.15, -0.1) is 0 Å². The molecular weight excluding hydrogens is 298 g/mol. The molecule has 0 saturated carbocycles. The fourth-order valence-corrected chi connectivity index (χ4v) is 2.69. The van der Waals surface area contributed by atoms with Crippen molar-refractivity contribution in [2.45, 2.75) is 6.54 Å². The topological polar surface area (TPSA) is 67.4 Å². The molecule has 4 rings (SSSR count). The van der Waals surface area contributed by atoms with Crippen LogP contribution in [0.2, 0.25) is 0 Å². The van der Waals surface area contributed by atoms with E-state index in [1.807, 2.05) is 41.0 Å². The number of nitriles is 1. The SMILES string of the molecule is N#Cc1ccc(Cn2cnc3cccnc32)cc1-c1cc[c]cn1. The minimum absolute atomic E-state index is 0.603. The Morgan fingerprint density at radius 2 is 2.08 bits per heavy atom. The summed E-state index contributed by atoms with van der Waals surface area (Å²) in [4.78, 5) is 13.1. The molecule has 0 spiro atoms. The number of imidazole rings is 1. The number of benzene rings is 1. The molecule has 0 N–H and O–H groups in total. The molecule has 0 aliphatic carbocycles. The van der Waals surface area contributed by atoms with Gasteiger partial charge in [-0.05, 0) is 35.9 Å². The zero-order valence-electron chi connectivity index (χ0n) is 12.7. The Bertz CT molecular complexity index is 1040. The van der Waals surface area contributed by atoms with E-state index in [4.69, 9.17) is 0 Å². The van der Waals surface area contributed by atoms with Crippen LogP contribution in [0.4, 0.5) is 0 Å². The van der Waals surface area contributed by atoms with Crippen molar-refractivity contribution in [1.29, 1.82) is 5.26 Å². The molecule has 0 unspecified atom stereocenters. The Morgan fingerprint density at radius 1 is 1.12 bits per heavy atom. The average Bonchev–Trinajstić information content (AvgIpc) is 3.05. The minimum atomic E-state index is 0.603. The molecule has 3 heterocycles. The van der Waals surface area contributed by atoms with Gasteiger partial charge in [0.1, 0.15) is 5.52 Å². The van der Waals surface area contributed by atoms with Gasteiger partial charge in [-0.1, -0.05) is 12.1 Å². The quantitative estimate of drug-likeness (QED) is 0.582. The van der Waals surface area contributed by atoms with Crippen LogP contribution in [0.1, 0.15) is 11.1 Å². The van der Waals surface area contributed by atoms with E-state index in [1.54, 1.807) is 24.8 Å². The van der Waals surface area contributed by atoms with Gasteiger partial charge in [0.25, 0.3) is 0 Å². The van der Waals surface area contributed by atoms with Crippen molar-refractivity contribution >= 4 is 11.2 Å². The van der Waals surface area contributed by atoms with Crippen LogP contribution in [0.5, 0.6) is 0 Å². The van der Waals surface area contributed by atoms with Crippen LogP contribution >= 0.6 is 0 Å². The molecule has 0 aliphatic rings. The Labute approximate surface area is 138 Å². The second-order valence-electron chi connectivity index (χ2n) is 5.35. The molecule has 0 amide bonds. The van der Waals surface area contributed by atoms with E-state index >= 15 is 0 Å². The van der Waals surface area contributed by atoms with Crippen LogP contribution in [-0.4, -0.2) is 19.5 Å². The third-order valence-electron chi connectivity index (χ3n) is 3.82. The molecule has 0 fully saturated rings. The average molecular weight is 310 g/mol. The maximum Gasteiger partial charge on any atom is 0.160 e. The first-order chi connectivity index (χ1) is 11.8. The van der Waals surface area contributed by atoms with Crippen LogP contribution in [-0.2, 0) is 6.54 Å². The molecule has 113 valence electrons. The Morgan fingerprint density at radius 3 is 2.92 bits per heavy atom. The van der Waals surface area contributed by atoms with E-state index in [1.165, 1.54) is 0 Å². The lowest BCUT2D eigenvalue weighted by Gasteiger charge is -2.08. The van der Waals surface area contributed by atoms with E-state index in [9.17, 15) is 5.26 Å². The summed E-state index contributed by atoms with van der Waals surface area (Å²) in [6.45, 7) is 0.630. The number of rotatable bonds is 3. The molecule has 0 bridgehead atoms. The van der Waals surface area contributed by atoms with E-state index in [-0.39, 0.29) is 0 Å². The highest BCUT2D eigenvalue weighted by Crippen LogP contribution is 2.23. The number of hydrogen-bond donors (Lipinski definition) is 0. The van der Waals surface area contributed by atoms with Crippen molar-refractivity contribution < 1.29 is 0 Å².